The van der Waals surface area contributed by atoms with Crippen LogP contribution in [-0.4, -0.2) is 26.9 Å². The molecule has 0 unspecified atom stereocenters. The van der Waals surface area contributed by atoms with Gasteiger partial charge in [0.25, 0.3) is 0 Å². The van der Waals surface area contributed by atoms with Crippen molar-refractivity contribution >= 4 is 17.0 Å². The van der Waals surface area contributed by atoms with E-state index in [9.17, 15) is 0 Å². The number of benzene rings is 1. The summed E-state index contributed by atoms with van der Waals surface area (Å²) in [6.07, 6.45) is 16.4. The van der Waals surface area contributed by atoms with E-state index >= 15 is 0 Å². The lowest BCUT2D eigenvalue weighted by Crippen LogP contribution is -2.08. The van der Waals surface area contributed by atoms with E-state index in [4.69, 9.17) is 0 Å². The number of aliphatic imine (C=N–C) groups is 1. The van der Waals surface area contributed by atoms with E-state index in [1.165, 1.54) is 5.69 Å². The predicted octanol–water partition coefficient (Wildman–Crippen LogP) is 5.39. The first-order valence-corrected chi connectivity index (χ1v) is 8.40. The molecule has 1 aliphatic carbocycles. The van der Waals surface area contributed by atoms with Gasteiger partial charge >= 0.3 is 0 Å². The molecule has 0 radical (unpaired) electrons. The molecule has 0 saturated carbocycles. The Morgan fingerprint density at radius 2 is 1.64 bits per heavy atom. The van der Waals surface area contributed by atoms with Crippen molar-refractivity contribution in [2.24, 2.45) is 4.99 Å². The molecule has 0 aromatic heterocycles. The molecule has 2 heteroatoms. The lowest BCUT2D eigenvalue weighted by atomic mass is 9.91. The summed E-state index contributed by atoms with van der Waals surface area (Å²) in [4.78, 5) is 6.32. The highest BCUT2D eigenvalue weighted by atomic mass is 15.1. The van der Waals surface area contributed by atoms with Crippen LogP contribution in [0.2, 0.25) is 0 Å². The van der Waals surface area contributed by atoms with Crippen LogP contribution in [0, 0.1) is 0 Å². The molecule has 0 heterocycles. The van der Waals surface area contributed by atoms with Crippen LogP contribution in [0.15, 0.2) is 95.6 Å². The highest BCUT2D eigenvalue weighted by molar-refractivity contribution is 6.07. The Labute approximate surface area is 151 Å². The quantitative estimate of drug-likeness (QED) is 0.661. The van der Waals surface area contributed by atoms with Gasteiger partial charge in [0, 0.05) is 26.8 Å². The maximum Gasteiger partial charge on any atom is 0.0571 e. The molecule has 0 fully saturated rings. The second kappa shape index (κ2) is 8.84. The molecular weight excluding hydrogens is 304 g/mol. The monoisotopic (exact) mass is 330 g/mol. The van der Waals surface area contributed by atoms with E-state index < -0.39 is 0 Å². The average Bonchev–Trinajstić information content (AvgIpc) is 2.63. The van der Waals surface area contributed by atoms with Gasteiger partial charge in [-0.15, -0.1) is 0 Å². The van der Waals surface area contributed by atoms with Gasteiger partial charge in [0.1, 0.15) is 0 Å². The van der Waals surface area contributed by atoms with Crippen molar-refractivity contribution in [3.8, 4) is 0 Å². The molecular formula is C23H26N2. The molecule has 0 saturated heterocycles. The number of nitrogens with zero attached hydrogens (tertiary/aromatic N) is 2. The summed E-state index contributed by atoms with van der Waals surface area (Å²) < 4.78 is 0. The standard InChI is InChI=1S/C23H26N2/c1-6-7-8-9-18(2)23(19-10-14-21(24-3)15-11-19)20-12-16-22(17-13-20)25(4)5/h6-17H,2H2,1,3-5H3/b7-6-,9-8-,23-19?,24-21?. The summed E-state index contributed by atoms with van der Waals surface area (Å²) in [7, 11) is 5.90. The summed E-state index contributed by atoms with van der Waals surface area (Å²) in [5, 5.41) is 0. The van der Waals surface area contributed by atoms with Gasteiger partial charge in [-0.05, 0) is 53.5 Å². The zero-order valence-electron chi connectivity index (χ0n) is 15.5. The van der Waals surface area contributed by atoms with Crippen molar-refractivity contribution in [3.63, 3.8) is 0 Å². The molecule has 2 nitrogen and oxygen atoms in total. The Balaban J connectivity index is 2.50. The van der Waals surface area contributed by atoms with Crippen molar-refractivity contribution in [1.29, 1.82) is 0 Å². The van der Waals surface area contributed by atoms with Crippen LogP contribution in [0.3, 0.4) is 0 Å². The van der Waals surface area contributed by atoms with Gasteiger partial charge in [0.05, 0.1) is 5.71 Å². The molecule has 128 valence electrons. The zero-order chi connectivity index (χ0) is 18.2. The van der Waals surface area contributed by atoms with Crippen molar-refractivity contribution < 1.29 is 0 Å². The van der Waals surface area contributed by atoms with Crippen LogP contribution in [0.25, 0.3) is 5.57 Å². The number of allylic oxidation sites excluding steroid dienone is 11. The van der Waals surface area contributed by atoms with Gasteiger partial charge in [0.2, 0.25) is 0 Å². The van der Waals surface area contributed by atoms with Gasteiger partial charge in [-0.1, -0.05) is 55.2 Å². The fourth-order valence-electron chi connectivity index (χ4n) is 2.61. The van der Waals surface area contributed by atoms with Crippen LogP contribution in [-0.2, 0) is 0 Å². The topological polar surface area (TPSA) is 15.6 Å². The minimum atomic E-state index is 0.973. The van der Waals surface area contributed by atoms with Crippen molar-refractivity contribution in [3.05, 3.63) is 96.2 Å². The molecule has 1 aromatic rings. The van der Waals surface area contributed by atoms with E-state index in [0.29, 0.717) is 0 Å². The molecule has 0 N–H and O–H groups in total. The summed E-state index contributed by atoms with van der Waals surface area (Å²) in [6.45, 7) is 6.29. The Kier molecular flexibility index (Phi) is 6.53. The molecule has 0 aliphatic heterocycles. The number of anilines is 1. The third-order valence-corrected chi connectivity index (χ3v) is 4.01. The first-order chi connectivity index (χ1) is 12.1. The van der Waals surface area contributed by atoms with Crippen molar-refractivity contribution in [2.75, 3.05) is 26.0 Å². The average molecular weight is 330 g/mol. The molecule has 2 rings (SSSR count). The summed E-state index contributed by atoms with van der Waals surface area (Å²) in [6, 6.07) is 8.57. The Morgan fingerprint density at radius 3 is 2.16 bits per heavy atom. The van der Waals surface area contributed by atoms with Gasteiger partial charge in [-0.3, -0.25) is 4.99 Å². The second-order valence-corrected chi connectivity index (χ2v) is 6.00. The lowest BCUT2D eigenvalue weighted by molar-refractivity contribution is 1.13. The highest BCUT2D eigenvalue weighted by Gasteiger charge is 2.11. The lowest BCUT2D eigenvalue weighted by Gasteiger charge is -2.16. The van der Waals surface area contributed by atoms with Crippen LogP contribution in [0.5, 0.6) is 0 Å². The molecule has 0 amide bonds. The number of hydrogen-bond acceptors (Lipinski definition) is 2. The maximum absolute atomic E-state index is 4.29. The van der Waals surface area contributed by atoms with Gasteiger partial charge in [-0.25, -0.2) is 0 Å². The van der Waals surface area contributed by atoms with Crippen molar-refractivity contribution in [1.82, 2.24) is 0 Å². The molecule has 1 aromatic carbocycles. The Bertz CT molecular complexity index is 777. The van der Waals surface area contributed by atoms with Crippen LogP contribution >= 0.6 is 0 Å². The summed E-state index contributed by atoms with van der Waals surface area (Å²) >= 11 is 0. The van der Waals surface area contributed by atoms with Crippen LogP contribution in [0.1, 0.15) is 12.5 Å². The van der Waals surface area contributed by atoms with Crippen LogP contribution in [0.4, 0.5) is 5.69 Å². The first-order valence-electron chi connectivity index (χ1n) is 8.40. The fraction of sp³-hybridized carbons (Fsp3) is 0.174. The van der Waals surface area contributed by atoms with Gasteiger partial charge in [0.15, 0.2) is 0 Å². The smallest absolute Gasteiger partial charge is 0.0571 e. The van der Waals surface area contributed by atoms with Crippen LogP contribution < -0.4 is 4.90 Å². The second-order valence-electron chi connectivity index (χ2n) is 6.00. The minimum Gasteiger partial charge on any atom is -0.378 e. The van der Waals surface area contributed by atoms with Crippen molar-refractivity contribution in [2.45, 2.75) is 6.92 Å². The van der Waals surface area contributed by atoms with E-state index in [-0.39, 0.29) is 0 Å². The Hall–Kier alpha value is -2.87. The zero-order valence-corrected chi connectivity index (χ0v) is 15.5. The summed E-state index contributed by atoms with van der Waals surface area (Å²) in [5.41, 5.74) is 6.56. The van der Waals surface area contributed by atoms with E-state index in [0.717, 1.165) is 28.0 Å². The predicted molar refractivity (Wildman–Crippen MR) is 112 cm³/mol. The molecule has 25 heavy (non-hydrogen) atoms. The third kappa shape index (κ3) is 4.80. The SMILES string of the molecule is C=C(/C=C\C=C/C)C(=C1C=CC(=NC)C=C1)c1ccc(N(C)C)cc1. The molecule has 1 aliphatic rings. The van der Waals surface area contributed by atoms with E-state index in [2.05, 4.69) is 52.9 Å². The number of rotatable bonds is 5. The first kappa shape index (κ1) is 18.5. The largest absolute Gasteiger partial charge is 0.378 e. The van der Waals surface area contributed by atoms with E-state index in [1.807, 2.05) is 57.5 Å². The molecule has 0 atom stereocenters. The van der Waals surface area contributed by atoms with Gasteiger partial charge < -0.3 is 4.90 Å². The summed E-state index contributed by atoms with van der Waals surface area (Å²) in [5.74, 6) is 0. The van der Waals surface area contributed by atoms with E-state index in [1.54, 1.807) is 7.05 Å². The highest BCUT2D eigenvalue weighted by Crippen LogP contribution is 2.30. The normalized spacial score (nSPS) is 13.8. The fourth-order valence-corrected chi connectivity index (χ4v) is 2.61. The van der Waals surface area contributed by atoms with Gasteiger partial charge in [-0.2, -0.15) is 0 Å². The number of hydrogen-bond donors (Lipinski definition) is 0. The minimum absolute atomic E-state index is 0.973. The Morgan fingerprint density at radius 1 is 1.00 bits per heavy atom. The third-order valence-electron chi connectivity index (χ3n) is 4.01. The molecule has 0 spiro atoms. The molecule has 0 bridgehead atoms. The maximum atomic E-state index is 4.29.